The van der Waals surface area contributed by atoms with Gasteiger partial charge in [0.05, 0.1) is 0 Å². The highest BCUT2D eigenvalue weighted by Crippen LogP contribution is 2.28. The molecule has 0 amide bonds. The van der Waals surface area contributed by atoms with Crippen molar-refractivity contribution in [2.24, 2.45) is 11.7 Å². The standard InChI is InChI=1S/C11H17NS2/c1-2-9-3-4-10(14-9)5-8-6-13-7-11(8)12/h3-4,8,11H,2,5-7,12H2,1H3. The molecule has 1 aromatic rings. The van der Waals surface area contributed by atoms with Gasteiger partial charge >= 0.3 is 0 Å². The molecule has 1 aliphatic heterocycles. The summed E-state index contributed by atoms with van der Waals surface area (Å²) in [4.78, 5) is 3.02. The van der Waals surface area contributed by atoms with Crippen LogP contribution in [0.2, 0.25) is 0 Å². The highest BCUT2D eigenvalue weighted by Gasteiger charge is 2.24. The smallest absolute Gasteiger partial charge is 0.0170 e. The Bertz CT molecular complexity index is 295. The maximum Gasteiger partial charge on any atom is 0.0170 e. The minimum atomic E-state index is 0.423. The fraction of sp³-hybridized carbons (Fsp3) is 0.636. The summed E-state index contributed by atoms with van der Waals surface area (Å²) < 4.78 is 0. The first-order chi connectivity index (χ1) is 6.79. The van der Waals surface area contributed by atoms with Gasteiger partial charge < -0.3 is 5.73 Å². The summed E-state index contributed by atoms with van der Waals surface area (Å²) in [5, 5.41) is 0. The van der Waals surface area contributed by atoms with Crippen molar-refractivity contribution in [3.63, 3.8) is 0 Å². The minimum Gasteiger partial charge on any atom is -0.327 e. The Morgan fingerprint density at radius 1 is 1.36 bits per heavy atom. The van der Waals surface area contributed by atoms with Crippen LogP contribution < -0.4 is 5.73 Å². The normalized spacial score (nSPS) is 27.0. The second-order valence-corrected chi connectivity index (χ2v) is 6.21. The number of thiophene rings is 1. The second-order valence-electron chi connectivity index (χ2n) is 3.89. The minimum absolute atomic E-state index is 0.423. The van der Waals surface area contributed by atoms with Gasteiger partial charge in [0, 0.05) is 21.5 Å². The van der Waals surface area contributed by atoms with E-state index in [4.69, 9.17) is 5.73 Å². The molecule has 0 radical (unpaired) electrons. The molecular formula is C11H17NS2. The van der Waals surface area contributed by atoms with Crippen molar-refractivity contribution in [3.05, 3.63) is 21.9 Å². The third kappa shape index (κ3) is 2.33. The second kappa shape index (κ2) is 4.69. The predicted octanol–water partition coefficient (Wildman–Crippen LogP) is 2.54. The molecule has 3 heteroatoms. The number of hydrogen-bond donors (Lipinski definition) is 1. The monoisotopic (exact) mass is 227 g/mol. The fourth-order valence-corrected chi connectivity index (χ4v) is 4.20. The van der Waals surface area contributed by atoms with E-state index in [1.54, 1.807) is 0 Å². The van der Waals surface area contributed by atoms with E-state index in [0.717, 1.165) is 12.2 Å². The molecule has 1 aromatic heterocycles. The predicted molar refractivity (Wildman–Crippen MR) is 66.2 cm³/mol. The summed E-state index contributed by atoms with van der Waals surface area (Å²) in [5.41, 5.74) is 6.05. The Balaban J connectivity index is 1.96. The quantitative estimate of drug-likeness (QED) is 0.859. The van der Waals surface area contributed by atoms with Crippen molar-refractivity contribution < 1.29 is 0 Å². The largest absolute Gasteiger partial charge is 0.327 e. The third-order valence-electron chi connectivity index (χ3n) is 2.78. The van der Waals surface area contributed by atoms with Crippen LogP contribution in [0.1, 0.15) is 16.7 Å². The lowest BCUT2D eigenvalue weighted by molar-refractivity contribution is 0.519. The van der Waals surface area contributed by atoms with Gasteiger partial charge in [-0.2, -0.15) is 11.8 Å². The van der Waals surface area contributed by atoms with E-state index in [-0.39, 0.29) is 0 Å². The zero-order valence-corrected chi connectivity index (χ0v) is 10.2. The van der Waals surface area contributed by atoms with E-state index in [1.165, 1.54) is 21.9 Å². The van der Waals surface area contributed by atoms with E-state index in [2.05, 4.69) is 19.1 Å². The molecule has 78 valence electrons. The van der Waals surface area contributed by atoms with Gasteiger partial charge in [0.1, 0.15) is 0 Å². The molecule has 14 heavy (non-hydrogen) atoms. The van der Waals surface area contributed by atoms with Crippen LogP contribution in [0, 0.1) is 5.92 Å². The van der Waals surface area contributed by atoms with Gasteiger partial charge in [-0.3, -0.25) is 0 Å². The Morgan fingerprint density at radius 2 is 2.14 bits per heavy atom. The Kier molecular flexibility index (Phi) is 3.52. The van der Waals surface area contributed by atoms with Crippen LogP contribution in [-0.4, -0.2) is 17.5 Å². The third-order valence-corrected chi connectivity index (χ3v) is 5.31. The molecule has 2 heterocycles. The molecule has 1 fully saturated rings. The molecule has 0 spiro atoms. The SMILES string of the molecule is CCc1ccc(CC2CSCC2N)s1. The van der Waals surface area contributed by atoms with Crippen LogP contribution in [0.15, 0.2) is 12.1 Å². The van der Waals surface area contributed by atoms with Crippen LogP contribution in [0.25, 0.3) is 0 Å². The van der Waals surface area contributed by atoms with E-state index in [9.17, 15) is 0 Å². The topological polar surface area (TPSA) is 26.0 Å². The first-order valence-electron chi connectivity index (χ1n) is 5.20. The lowest BCUT2D eigenvalue weighted by Gasteiger charge is -2.12. The first kappa shape index (κ1) is 10.5. The van der Waals surface area contributed by atoms with Crippen LogP contribution in [0.3, 0.4) is 0 Å². The van der Waals surface area contributed by atoms with Gasteiger partial charge in [-0.1, -0.05) is 6.92 Å². The van der Waals surface area contributed by atoms with Gasteiger partial charge in [0.15, 0.2) is 0 Å². The Hall–Kier alpha value is 0.01000. The molecule has 2 unspecified atom stereocenters. The molecule has 0 saturated carbocycles. The highest BCUT2D eigenvalue weighted by molar-refractivity contribution is 7.99. The average Bonchev–Trinajstić information content (AvgIpc) is 2.77. The summed E-state index contributed by atoms with van der Waals surface area (Å²) in [6.07, 6.45) is 2.36. The Labute approximate surface area is 94.1 Å². The summed E-state index contributed by atoms with van der Waals surface area (Å²) in [6.45, 7) is 2.22. The van der Waals surface area contributed by atoms with Gasteiger partial charge in [0.2, 0.25) is 0 Å². The van der Waals surface area contributed by atoms with Crippen molar-refractivity contribution in [3.8, 4) is 0 Å². The zero-order valence-electron chi connectivity index (χ0n) is 8.53. The van der Waals surface area contributed by atoms with Crippen molar-refractivity contribution in [1.82, 2.24) is 0 Å². The van der Waals surface area contributed by atoms with E-state index in [1.807, 2.05) is 23.1 Å². The average molecular weight is 227 g/mol. The van der Waals surface area contributed by atoms with Crippen molar-refractivity contribution in [2.45, 2.75) is 25.8 Å². The van der Waals surface area contributed by atoms with Crippen molar-refractivity contribution >= 4 is 23.1 Å². The lowest BCUT2D eigenvalue weighted by atomic mass is 10.00. The van der Waals surface area contributed by atoms with Gasteiger partial charge in [-0.15, -0.1) is 11.3 Å². The summed E-state index contributed by atoms with van der Waals surface area (Å²) >= 11 is 3.96. The number of thioether (sulfide) groups is 1. The zero-order chi connectivity index (χ0) is 9.97. The van der Waals surface area contributed by atoms with E-state index in [0.29, 0.717) is 12.0 Å². The molecule has 0 aliphatic carbocycles. The van der Waals surface area contributed by atoms with Crippen LogP contribution in [-0.2, 0) is 12.8 Å². The number of aryl methyl sites for hydroxylation is 1. The number of nitrogens with two attached hydrogens (primary N) is 1. The van der Waals surface area contributed by atoms with Crippen LogP contribution in [0.5, 0.6) is 0 Å². The van der Waals surface area contributed by atoms with E-state index < -0.39 is 0 Å². The fourth-order valence-electron chi connectivity index (χ4n) is 1.81. The number of hydrogen-bond acceptors (Lipinski definition) is 3. The number of rotatable bonds is 3. The van der Waals surface area contributed by atoms with Gasteiger partial charge in [0.25, 0.3) is 0 Å². The molecule has 2 rings (SSSR count). The van der Waals surface area contributed by atoms with Crippen molar-refractivity contribution in [2.75, 3.05) is 11.5 Å². The maximum atomic E-state index is 6.05. The summed E-state index contributed by atoms with van der Waals surface area (Å²) in [5.74, 6) is 3.11. The highest BCUT2D eigenvalue weighted by atomic mass is 32.2. The molecule has 1 nitrogen and oxygen atoms in total. The molecule has 2 N–H and O–H groups in total. The maximum absolute atomic E-state index is 6.05. The molecule has 0 bridgehead atoms. The molecular weight excluding hydrogens is 210 g/mol. The van der Waals surface area contributed by atoms with E-state index >= 15 is 0 Å². The van der Waals surface area contributed by atoms with Gasteiger partial charge in [-0.05, 0) is 36.6 Å². The van der Waals surface area contributed by atoms with Crippen molar-refractivity contribution in [1.29, 1.82) is 0 Å². The van der Waals surface area contributed by atoms with Gasteiger partial charge in [-0.25, -0.2) is 0 Å². The summed E-state index contributed by atoms with van der Waals surface area (Å²) in [7, 11) is 0. The first-order valence-corrected chi connectivity index (χ1v) is 7.17. The Morgan fingerprint density at radius 3 is 2.71 bits per heavy atom. The molecule has 2 atom stereocenters. The molecule has 1 saturated heterocycles. The summed E-state index contributed by atoms with van der Waals surface area (Å²) in [6, 6.07) is 4.96. The van der Waals surface area contributed by atoms with Crippen LogP contribution >= 0.6 is 23.1 Å². The molecule has 0 aromatic carbocycles. The molecule has 1 aliphatic rings. The lowest BCUT2D eigenvalue weighted by Crippen LogP contribution is -2.29. The van der Waals surface area contributed by atoms with Crippen LogP contribution in [0.4, 0.5) is 0 Å².